The molecule has 1 aliphatic rings. The van der Waals surface area contributed by atoms with Gasteiger partial charge in [0.1, 0.15) is 0 Å². The highest BCUT2D eigenvalue weighted by Crippen LogP contribution is 2.28. The van der Waals surface area contributed by atoms with Gasteiger partial charge >= 0.3 is 0 Å². The number of amides is 1. The molecule has 2 aromatic rings. The Morgan fingerprint density at radius 3 is 2.87 bits per heavy atom. The van der Waals surface area contributed by atoms with Crippen LogP contribution in [0.4, 0.5) is 5.13 Å². The van der Waals surface area contributed by atoms with E-state index in [2.05, 4.69) is 15.2 Å². The molecule has 2 heterocycles. The highest BCUT2D eigenvalue weighted by atomic mass is 32.1. The lowest BCUT2D eigenvalue weighted by Crippen LogP contribution is -2.37. The van der Waals surface area contributed by atoms with Crippen LogP contribution >= 0.6 is 11.3 Å². The Morgan fingerprint density at radius 2 is 2.17 bits per heavy atom. The highest BCUT2D eigenvalue weighted by Gasteiger charge is 2.25. The molecule has 23 heavy (non-hydrogen) atoms. The van der Waals surface area contributed by atoms with Crippen molar-refractivity contribution >= 4 is 22.4 Å². The van der Waals surface area contributed by atoms with Crippen LogP contribution in [0.5, 0.6) is 11.5 Å². The maximum Gasteiger partial charge on any atom is 0.251 e. The molecule has 0 aliphatic carbocycles. The quantitative estimate of drug-likeness (QED) is 0.908. The van der Waals surface area contributed by atoms with Crippen molar-refractivity contribution in [1.82, 2.24) is 10.3 Å². The molecule has 1 saturated heterocycles. The third kappa shape index (κ3) is 3.39. The fourth-order valence-electron chi connectivity index (χ4n) is 2.67. The first kappa shape index (κ1) is 15.6. The van der Waals surface area contributed by atoms with Crippen LogP contribution in [0.3, 0.4) is 0 Å². The summed E-state index contributed by atoms with van der Waals surface area (Å²) in [5.74, 6) is 1.06. The maximum atomic E-state index is 12.4. The van der Waals surface area contributed by atoms with Gasteiger partial charge in [-0.3, -0.25) is 4.79 Å². The number of methoxy groups -OCH3 is 2. The summed E-state index contributed by atoms with van der Waals surface area (Å²) in [5, 5.41) is 6.05. The molecule has 7 heteroatoms. The van der Waals surface area contributed by atoms with Gasteiger partial charge in [-0.1, -0.05) is 0 Å². The average molecular weight is 333 g/mol. The van der Waals surface area contributed by atoms with Crippen LogP contribution < -0.4 is 19.7 Å². The van der Waals surface area contributed by atoms with E-state index in [1.54, 1.807) is 50.0 Å². The molecule has 122 valence electrons. The van der Waals surface area contributed by atoms with E-state index < -0.39 is 0 Å². The maximum absolute atomic E-state index is 12.4. The minimum atomic E-state index is -0.100. The molecule has 1 amide bonds. The SMILES string of the molecule is COc1ccc(C(=O)NC2CCN(c3nccs3)C2)cc1OC. The number of nitrogens with zero attached hydrogens (tertiary/aromatic N) is 2. The number of anilines is 1. The fraction of sp³-hybridized carbons (Fsp3) is 0.375. The first-order valence-electron chi connectivity index (χ1n) is 7.38. The minimum Gasteiger partial charge on any atom is -0.493 e. The number of carbonyl (C=O) groups excluding carboxylic acids is 1. The Hall–Kier alpha value is -2.28. The zero-order valence-corrected chi connectivity index (χ0v) is 13.9. The number of hydrogen-bond donors (Lipinski definition) is 1. The second-order valence-corrected chi connectivity index (χ2v) is 6.16. The highest BCUT2D eigenvalue weighted by molar-refractivity contribution is 7.13. The van der Waals surface area contributed by atoms with Gasteiger partial charge in [0.15, 0.2) is 16.6 Å². The fourth-order valence-corrected chi connectivity index (χ4v) is 3.35. The zero-order chi connectivity index (χ0) is 16.2. The molecule has 1 atom stereocenters. The molecule has 1 aliphatic heterocycles. The summed E-state index contributed by atoms with van der Waals surface area (Å²) < 4.78 is 10.4. The van der Waals surface area contributed by atoms with Crippen molar-refractivity contribution in [3.05, 3.63) is 35.3 Å². The second kappa shape index (κ2) is 6.87. The Kier molecular flexibility index (Phi) is 4.66. The summed E-state index contributed by atoms with van der Waals surface area (Å²) in [6.07, 6.45) is 2.72. The van der Waals surface area contributed by atoms with Crippen molar-refractivity contribution in [3.63, 3.8) is 0 Å². The van der Waals surface area contributed by atoms with Crippen molar-refractivity contribution in [2.24, 2.45) is 0 Å². The molecular formula is C16H19N3O3S. The van der Waals surface area contributed by atoms with E-state index in [0.29, 0.717) is 17.1 Å². The van der Waals surface area contributed by atoms with Gasteiger partial charge in [0.05, 0.1) is 14.2 Å². The van der Waals surface area contributed by atoms with E-state index in [-0.39, 0.29) is 11.9 Å². The number of nitrogens with one attached hydrogen (secondary N) is 1. The molecule has 0 radical (unpaired) electrons. The Morgan fingerprint density at radius 1 is 1.35 bits per heavy atom. The predicted octanol–water partition coefficient (Wildman–Crippen LogP) is 2.17. The van der Waals surface area contributed by atoms with E-state index in [1.807, 2.05) is 5.38 Å². The van der Waals surface area contributed by atoms with Gasteiger partial charge in [0.2, 0.25) is 0 Å². The van der Waals surface area contributed by atoms with Gasteiger partial charge in [-0.2, -0.15) is 0 Å². The van der Waals surface area contributed by atoms with Gasteiger partial charge < -0.3 is 19.7 Å². The van der Waals surface area contributed by atoms with Gasteiger partial charge in [-0.25, -0.2) is 4.98 Å². The first-order chi connectivity index (χ1) is 11.2. The molecular weight excluding hydrogens is 314 g/mol. The minimum absolute atomic E-state index is 0.100. The standard InChI is InChI=1S/C16H19N3O3S/c1-21-13-4-3-11(9-14(13)22-2)15(20)18-12-5-7-19(10-12)16-17-6-8-23-16/h3-4,6,8-9,12H,5,7,10H2,1-2H3,(H,18,20). The smallest absolute Gasteiger partial charge is 0.251 e. The largest absolute Gasteiger partial charge is 0.493 e. The number of carbonyl (C=O) groups is 1. The number of rotatable bonds is 5. The summed E-state index contributed by atoms with van der Waals surface area (Å²) in [7, 11) is 3.13. The van der Waals surface area contributed by atoms with E-state index in [4.69, 9.17) is 9.47 Å². The number of benzene rings is 1. The summed E-state index contributed by atoms with van der Waals surface area (Å²) in [6, 6.07) is 5.30. The van der Waals surface area contributed by atoms with Gasteiger partial charge in [0.25, 0.3) is 5.91 Å². The number of ether oxygens (including phenoxy) is 2. The van der Waals surface area contributed by atoms with Crippen molar-refractivity contribution in [2.45, 2.75) is 12.5 Å². The van der Waals surface area contributed by atoms with Crippen molar-refractivity contribution < 1.29 is 14.3 Å². The van der Waals surface area contributed by atoms with Crippen LogP contribution in [0.15, 0.2) is 29.8 Å². The van der Waals surface area contributed by atoms with Crippen LogP contribution in [0.2, 0.25) is 0 Å². The average Bonchev–Trinajstić information content (AvgIpc) is 3.25. The molecule has 0 spiro atoms. The van der Waals surface area contributed by atoms with Crippen molar-refractivity contribution in [2.75, 3.05) is 32.2 Å². The lowest BCUT2D eigenvalue weighted by Gasteiger charge is -2.16. The summed E-state index contributed by atoms with van der Waals surface area (Å²) in [6.45, 7) is 1.69. The van der Waals surface area contributed by atoms with Crippen LogP contribution in [-0.4, -0.2) is 44.2 Å². The molecule has 1 N–H and O–H groups in total. The molecule has 1 aromatic heterocycles. The van der Waals surface area contributed by atoms with Gasteiger partial charge in [-0.05, 0) is 24.6 Å². The number of aromatic nitrogens is 1. The molecule has 1 fully saturated rings. The van der Waals surface area contributed by atoms with E-state index in [9.17, 15) is 4.79 Å². The summed E-state index contributed by atoms with van der Waals surface area (Å²) in [4.78, 5) is 18.9. The molecule has 6 nitrogen and oxygen atoms in total. The number of hydrogen-bond acceptors (Lipinski definition) is 6. The molecule has 0 saturated carbocycles. The molecule has 1 aromatic carbocycles. The molecule has 0 bridgehead atoms. The van der Waals surface area contributed by atoms with E-state index in [0.717, 1.165) is 24.6 Å². The predicted molar refractivity (Wildman–Crippen MR) is 89.7 cm³/mol. The van der Waals surface area contributed by atoms with E-state index >= 15 is 0 Å². The third-order valence-electron chi connectivity index (χ3n) is 3.86. The Bertz CT molecular complexity index is 675. The molecule has 3 rings (SSSR count). The lowest BCUT2D eigenvalue weighted by molar-refractivity contribution is 0.0940. The summed E-state index contributed by atoms with van der Waals surface area (Å²) >= 11 is 1.62. The Balaban J connectivity index is 1.63. The van der Waals surface area contributed by atoms with Gasteiger partial charge in [-0.15, -0.1) is 11.3 Å². The van der Waals surface area contributed by atoms with E-state index in [1.165, 1.54) is 0 Å². The monoisotopic (exact) mass is 333 g/mol. The van der Waals surface area contributed by atoms with Crippen LogP contribution in [-0.2, 0) is 0 Å². The van der Waals surface area contributed by atoms with Crippen LogP contribution in [0, 0.1) is 0 Å². The van der Waals surface area contributed by atoms with Crippen molar-refractivity contribution in [1.29, 1.82) is 0 Å². The zero-order valence-electron chi connectivity index (χ0n) is 13.1. The second-order valence-electron chi connectivity index (χ2n) is 5.29. The number of thiazole rings is 1. The van der Waals surface area contributed by atoms with Crippen LogP contribution in [0.1, 0.15) is 16.8 Å². The Labute approximate surface area is 139 Å². The van der Waals surface area contributed by atoms with Gasteiger partial charge in [0, 0.05) is 36.3 Å². The van der Waals surface area contributed by atoms with Crippen LogP contribution in [0.25, 0.3) is 0 Å². The normalized spacial score (nSPS) is 17.1. The summed E-state index contributed by atoms with van der Waals surface area (Å²) in [5.41, 5.74) is 0.565. The first-order valence-corrected chi connectivity index (χ1v) is 8.26. The topological polar surface area (TPSA) is 63.7 Å². The lowest BCUT2D eigenvalue weighted by atomic mass is 10.1. The molecule has 1 unspecified atom stereocenters. The third-order valence-corrected chi connectivity index (χ3v) is 4.69. The van der Waals surface area contributed by atoms with Crippen molar-refractivity contribution in [3.8, 4) is 11.5 Å².